The lowest BCUT2D eigenvalue weighted by molar-refractivity contribution is -0.0540. The van der Waals surface area contributed by atoms with E-state index < -0.39 is 10.5 Å². The second-order valence-corrected chi connectivity index (χ2v) is 12.5. The van der Waals surface area contributed by atoms with Gasteiger partial charge in [-0.05, 0) is 49.1 Å². The number of carbonyl (C=O) groups excluding carboxylic acids is 1. The van der Waals surface area contributed by atoms with Crippen molar-refractivity contribution in [2.24, 2.45) is 0 Å². The Labute approximate surface area is 273 Å². The standard InChI is InChI=1S/C35H35Cl2N3O5/c1-34(37)30(27-7-3-2-4-8-27)9-5-11-35(34,45-14-6-12-40-13-10-29(42)21-40)24-44-33-17-32(28(22-41)16-31(33)36)43-23-26-15-25(18-38)19-39-20-26/h2-5,7-9,11,15-17,19-20,22,29,42H,6,10,12-14,21,23-24H2,1H3/t29?,34-,35?/m1/s1. The molecule has 0 radical (unpaired) electrons. The number of hydrogen-bond donors (Lipinski definition) is 1. The summed E-state index contributed by atoms with van der Waals surface area (Å²) >= 11 is 14.0. The number of ether oxygens (including phenoxy) is 3. The van der Waals surface area contributed by atoms with Gasteiger partial charge in [0, 0.05) is 50.3 Å². The molecule has 3 aromatic rings. The van der Waals surface area contributed by atoms with Crippen molar-refractivity contribution >= 4 is 35.1 Å². The van der Waals surface area contributed by atoms with Crippen molar-refractivity contribution < 1.29 is 24.1 Å². The monoisotopic (exact) mass is 647 g/mol. The maximum Gasteiger partial charge on any atom is 0.153 e. The summed E-state index contributed by atoms with van der Waals surface area (Å²) in [6.07, 6.45) is 10.8. The van der Waals surface area contributed by atoms with E-state index in [4.69, 9.17) is 37.4 Å². The fraction of sp³-hybridized carbons (Fsp3) is 0.343. The van der Waals surface area contributed by atoms with Gasteiger partial charge in [-0.3, -0.25) is 9.78 Å². The van der Waals surface area contributed by atoms with Gasteiger partial charge in [-0.15, -0.1) is 11.6 Å². The zero-order chi connectivity index (χ0) is 31.9. The maximum atomic E-state index is 11.9. The van der Waals surface area contributed by atoms with Gasteiger partial charge in [-0.2, -0.15) is 5.26 Å². The van der Waals surface area contributed by atoms with E-state index in [2.05, 4.69) is 16.0 Å². The first-order valence-electron chi connectivity index (χ1n) is 14.8. The Morgan fingerprint density at radius 2 is 2.00 bits per heavy atom. The number of nitrogens with zero attached hydrogens (tertiary/aromatic N) is 3. The molecule has 2 aromatic carbocycles. The van der Waals surface area contributed by atoms with E-state index in [1.807, 2.05) is 55.5 Å². The first kappa shape index (κ1) is 32.7. The molecule has 0 amide bonds. The first-order chi connectivity index (χ1) is 21.7. The highest BCUT2D eigenvalue weighted by atomic mass is 35.5. The van der Waals surface area contributed by atoms with E-state index in [0.717, 1.165) is 37.1 Å². The number of allylic oxidation sites excluding steroid dienone is 2. The summed E-state index contributed by atoms with van der Waals surface area (Å²) in [4.78, 5) is 17.1. The van der Waals surface area contributed by atoms with Crippen LogP contribution in [0.25, 0.3) is 5.57 Å². The van der Waals surface area contributed by atoms with Crippen molar-refractivity contribution in [1.29, 1.82) is 5.26 Å². The van der Waals surface area contributed by atoms with Crippen molar-refractivity contribution in [3.63, 3.8) is 0 Å². The summed E-state index contributed by atoms with van der Waals surface area (Å²) in [5, 5.41) is 19.3. The molecule has 45 heavy (non-hydrogen) atoms. The molecule has 234 valence electrons. The average molecular weight is 649 g/mol. The molecule has 1 saturated heterocycles. The summed E-state index contributed by atoms with van der Waals surface area (Å²) in [5.74, 6) is 0.569. The van der Waals surface area contributed by atoms with Crippen LogP contribution in [0.15, 0.2) is 79.2 Å². The van der Waals surface area contributed by atoms with Crippen LogP contribution in [-0.2, 0) is 11.3 Å². The number of benzene rings is 2. The Kier molecular flexibility index (Phi) is 10.6. The van der Waals surface area contributed by atoms with Crippen LogP contribution >= 0.6 is 23.2 Å². The van der Waals surface area contributed by atoms with Gasteiger partial charge < -0.3 is 24.2 Å². The van der Waals surface area contributed by atoms with Gasteiger partial charge >= 0.3 is 0 Å². The fourth-order valence-corrected chi connectivity index (χ4v) is 6.21. The van der Waals surface area contributed by atoms with E-state index in [9.17, 15) is 15.2 Å². The van der Waals surface area contributed by atoms with Crippen molar-refractivity contribution in [3.8, 4) is 17.6 Å². The van der Waals surface area contributed by atoms with Crippen molar-refractivity contribution in [3.05, 3.63) is 106 Å². The van der Waals surface area contributed by atoms with Crippen LogP contribution in [0.5, 0.6) is 11.5 Å². The second kappa shape index (κ2) is 14.6. The summed E-state index contributed by atoms with van der Waals surface area (Å²) < 4.78 is 19.0. The number of hydrogen-bond acceptors (Lipinski definition) is 8. The minimum absolute atomic E-state index is 0.0177. The Hall–Kier alpha value is -3.71. The molecule has 5 rings (SSSR count). The van der Waals surface area contributed by atoms with Crippen LogP contribution in [0.3, 0.4) is 0 Å². The molecule has 0 saturated carbocycles. The van der Waals surface area contributed by atoms with E-state index in [1.54, 1.807) is 18.3 Å². The average Bonchev–Trinajstić information content (AvgIpc) is 3.47. The molecule has 0 bridgehead atoms. The first-order valence-corrected chi connectivity index (χ1v) is 15.6. The lowest BCUT2D eigenvalue weighted by atomic mass is 9.76. The van der Waals surface area contributed by atoms with Gasteiger partial charge in [0.25, 0.3) is 0 Å². The number of halogens is 2. The third kappa shape index (κ3) is 7.58. The van der Waals surface area contributed by atoms with Crippen LogP contribution in [0.2, 0.25) is 5.02 Å². The van der Waals surface area contributed by atoms with E-state index in [1.165, 1.54) is 12.3 Å². The van der Waals surface area contributed by atoms with Crippen molar-refractivity contribution in [2.75, 3.05) is 32.8 Å². The Bertz CT molecular complexity index is 1600. The normalized spacial score (nSPS) is 22.9. The predicted molar refractivity (Wildman–Crippen MR) is 174 cm³/mol. The maximum absolute atomic E-state index is 11.9. The molecule has 1 aliphatic carbocycles. The number of rotatable bonds is 13. The number of alkyl halides is 1. The minimum atomic E-state index is -1.09. The summed E-state index contributed by atoms with van der Waals surface area (Å²) in [5.41, 5.74) is 2.10. The van der Waals surface area contributed by atoms with Gasteiger partial charge in [0.15, 0.2) is 6.29 Å². The Morgan fingerprint density at radius 1 is 1.18 bits per heavy atom. The van der Waals surface area contributed by atoms with Gasteiger partial charge in [0.1, 0.15) is 41.3 Å². The summed E-state index contributed by atoms with van der Waals surface area (Å²) in [7, 11) is 0. The number of β-amino-alcohol motifs (C(OH)–C–C–N with tert-alkyl or cyclic N) is 1. The highest BCUT2D eigenvalue weighted by Gasteiger charge is 2.51. The summed E-state index contributed by atoms with van der Waals surface area (Å²) in [6.45, 7) is 4.76. The van der Waals surface area contributed by atoms with Crippen LogP contribution < -0.4 is 9.47 Å². The number of pyridine rings is 1. The molecule has 8 nitrogen and oxygen atoms in total. The molecule has 3 atom stereocenters. The van der Waals surface area contributed by atoms with Crippen molar-refractivity contribution in [2.45, 2.75) is 43.0 Å². The molecule has 0 spiro atoms. The van der Waals surface area contributed by atoms with E-state index in [-0.39, 0.29) is 35.7 Å². The van der Waals surface area contributed by atoms with Crippen LogP contribution in [-0.4, -0.2) is 70.7 Å². The minimum Gasteiger partial charge on any atom is -0.488 e. The Morgan fingerprint density at radius 3 is 2.73 bits per heavy atom. The smallest absolute Gasteiger partial charge is 0.153 e. The number of aliphatic hydroxyl groups is 1. The highest BCUT2D eigenvalue weighted by molar-refractivity contribution is 6.32. The predicted octanol–water partition coefficient (Wildman–Crippen LogP) is 6.24. The van der Waals surface area contributed by atoms with Crippen LogP contribution in [0.1, 0.15) is 46.8 Å². The Balaban J connectivity index is 1.37. The molecular weight excluding hydrogens is 613 g/mol. The molecule has 2 unspecified atom stereocenters. The van der Waals surface area contributed by atoms with E-state index in [0.29, 0.717) is 36.3 Å². The number of aldehydes is 1. The van der Waals surface area contributed by atoms with Gasteiger partial charge in [-0.1, -0.05) is 54.1 Å². The topological polar surface area (TPSA) is 105 Å². The molecule has 1 N–H and O–H groups in total. The van der Waals surface area contributed by atoms with Crippen LogP contribution in [0, 0.1) is 11.3 Å². The molecule has 2 heterocycles. The zero-order valence-electron chi connectivity index (χ0n) is 25.0. The number of aromatic nitrogens is 1. The van der Waals surface area contributed by atoms with E-state index >= 15 is 0 Å². The van der Waals surface area contributed by atoms with Crippen LogP contribution in [0.4, 0.5) is 0 Å². The van der Waals surface area contributed by atoms with Gasteiger partial charge in [0.2, 0.25) is 0 Å². The molecule has 10 heteroatoms. The number of likely N-dealkylation sites (tertiary alicyclic amines) is 1. The third-order valence-corrected chi connectivity index (χ3v) is 9.01. The third-order valence-electron chi connectivity index (χ3n) is 8.19. The molecule has 1 aliphatic heterocycles. The van der Waals surface area contributed by atoms with Gasteiger partial charge in [0.05, 0.1) is 22.3 Å². The number of aliphatic hydroxyl groups excluding tert-OH is 1. The SMILES string of the molecule is C[C@@]1(Cl)C(c2ccccc2)=CC=CC1(COc1cc(OCc2cncc(C#N)c2)c(C=O)cc1Cl)OCCCN1CCC(O)C1. The quantitative estimate of drug-likeness (QED) is 0.132. The lowest BCUT2D eigenvalue weighted by Crippen LogP contribution is -2.55. The second-order valence-electron chi connectivity index (χ2n) is 11.4. The lowest BCUT2D eigenvalue weighted by Gasteiger charge is -2.45. The number of nitriles is 1. The van der Waals surface area contributed by atoms with Crippen molar-refractivity contribution in [1.82, 2.24) is 9.88 Å². The largest absolute Gasteiger partial charge is 0.488 e. The molecular formula is C35H35Cl2N3O5. The fourth-order valence-electron chi connectivity index (χ4n) is 5.64. The van der Waals surface area contributed by atoms with Gasteiger partial charge in [-0.25, -0.2) is 0 Å². The molecule has 2 aliphatic rings. The molecule has 1 fully saturated rings. The summed E-state index contributed by atoms with van der Waals surface area (Å²) in [6, 6.07) is 16.7. The molecule has 1 aromatic heterocycles. The highest BCUT2D eigenvalue weighted by Crippen LogP contribution is 2.47. The zero-order valence-corrected chi connectivity index (χ0v) is 26.5. The number of carbonyl (C=O) groups is 1.